The molecule has 0 aromatic heterocycles. The molecule has 1 aromatic rings. The van der Waals surface area contributed by atoms with Crippen molar-refractivity contribution < 1.29 is 5.11 Å². The number of aliphatic hydroxyl groups excluding tert-OH is 1. The van der Waals surface area contributed by atoms with Gasteiger partial charge in [0, 0.05) is 4.47 Å². The van der Waals surface area contributed by atoms with Gasteiger partial charge in [-0.3, -0.25) is 0 Å². The Balaban J connectivity index is 3.21. The predicted octanol–water partition coefficient (Wildman–Crippen LogP) is 2.56. The number of benzene rings is 1. The second-order valence-corrected chi connectivity index (χ2v) is 3.53. The fourth-order valence-corrected chi connectivity index (χ4v) is 1.59. The summed E-state index contributed by atoms with van der Waals surface area (Å²) in [4.78, 5) is 0. The number of hydrogen-bond acceptors (Lipinski definition) is 1. The smallest absolute Gasteiger partial charge is 0.0682 e. The summed E-state index contributed by atoms with van der Waals surface area (Å²) < 4.78 is 1.07. The molecule has 1 aromatic carbocycles. The molecule has 2 heteroatoms. The number of aliphatic hydroxyl groups is 1. The number of aryl methyl sites for hydroxylation is 1. The number of rotatable bonds is 1. The van der Waals surface area contributed by atoms with Crippen molar-refractivity contribution in [1.82, 2.24) is 0 Å². The van der Waals surface area contributed by atoms with E-state index in [4.69, 9.17) is 5.11 Å². The van der Waals surface area contributed by atoms with Crippen molar-refractivity contribution in [1.29, 1.82) is 0 Å². The van der Waals surface area contributed by atoms with E-state index in [1.807, 2.05) is 19.1 Å². The first-order valence-corrected chi connectivity index (χ1v) is 4.31. The Kier molecular flexibility index (Phi) is 2.68. The highest BCUT2D eigenvalue weighted by atomic mass is 79.9. The van der Waals surface area contributed by atoms with Crippen LogP contribution in [0.1, 0.15) is 16.7 Å². The van der Waals surface area contributed by atoms with E-state index in [-0.39, 0.29) is 6.61 Å². The number of hydrogen-bond donors (Lipinski definition) is 1. The van der Waals surface area contributed by atoms with Gasteiger partial charge < -0.3 is 5.11 Å². The maximum atomic E-state index is 8.86. The van der Waals surface area contributed by atoms with Crippen LogP contribution in [0.15, 0.2) is 16.6 Å². The maximum Gasteiger partial charge on any atom is 0.0682 e. The van der Waals surface area contributed by atoms with E-state index in [9.17, 15) is 0 Å². The summed E-state index contributed by atoms with van der Waals surface area (Å²) in [5.41, 5.74) is 3.41. The third kappa shape index (κ3) is 1.82. The maximum absolute atomic E-state index is 8.86. The Hall–Kier alpha value is -0.340. The highest BCUT2D eigenvalue weighted by Crippen LogP contribution is 2.21. The van der Waals surface area contributed by atoms with E-state index in [0.717, 1.165) is 10.0 Å². The lowest BCUT2D eigenvalue weighted by Crippen LogP contribution is -1.88. The Morgan fingerprint density at radius 2 is 2.00 bits per heavy atom. The van der Waals surface area contributed by atoms with Gasteiger partial charge in [-0.2, -0.15) is 0 Å². The topological polar surface area (TPSA) is 20.2 Å². The molecule has 1 nitrogen and oxygen atoms in total. The highest BCUT2D eigenvalue weighted by molar-refractivity contribution is 9.10. The van der Waals surface area contributed by atoms with Crippen LogP contribution in [0.2, 0.25) is 0 Å². The van der Waals surface area contributed by atoms with Gasteiger partial charge in [-0.25, -0.2) is 0 Å². The van der Waals surface area contributed by atoms with Gasteiger partial charge in [0.1, 0.15) is 0 Å². The molecule has 0 spiro atoms. The van der Waals surface area contributed by atoms with E-state index < -0.39 is 0 Å². The minimum absolute atomic E-state index is 0.111. The molecule has 0 saturated carbocycles. The summed E-state index contributed by atoms with van der Waals surface area (Å²) in [5, 5.41) is 8.86. The number of halogens is 1. The molecule has 11 heavy (non-hydrogen) atoms. The Morgan fingerprint density at radius 1 is 1.36 bits per heavy atom. The third-order valence-electron chi connectivity index (χ3n) is 1.85. The van der Waals surface area contributed by atoms with Crippen LogP contribution < -0.4 is 0 Å². The lowest BCUT2D eigenvalue weighted by Gasteiger charge is -2.05. The lowest BCUT2D eigenvalue weighted by molar-refractivity contribution is 0.281. The minimum Gasteiger partial charge on any atom is -0.392 e. The van der Waals surface area contributed by atoms with Crippen molar-refractivity contribution >= 4 is 15.9 Å². The van der Waals surface area contributed by atoms with Crippen LogP contribution in [0.3, 0.4) is 0 Å². The van der Waals surface area contributed by atoms with Gasteiger partial charge in [0.15, 0.2) is 0 Å². The molecule has 0 heterocycles. The molecule has 0 atom stereocenters. The molecular weight excluding hydrogens is 204 g/mol. The van der Waals surface area contributed by atoms with Gasteiger partial charge in [0.05, 0.1) is 6.61 Å². The van der Waals surface area contributed by atoms with Gasteiger partial charge in [-0.1, -0.05) is 22.0 Å². The minimum atomic E-state index is 0.111. The van der Waals surface area contributed by atoms with Crippen molar-refractivity contribution in [2.45, 2.75) is 20.5 Å². The first kappa shape index (κ1) is 8.75. The fraction of sp³-hybridized carbons (Fsp3) is 0.333. The van der Waals surface area contributed by atoms with Gasteiger partial charge in [-0.15, -0.1) is 0 Å². The molecule has 1 N–H and O–H groups in total. The van der Waals surface area contributed by atoms with Crippen molar-refractivity contribution in [3.05, 3.63) is 33.3 Å². The predicted molar refractivity (Wildman–Crippen MR) is 49.5 cm³/mol. The van der Waals surface area contributed by atoms with Crippen LogP contribution in [0.5, 0.6) is 0 Å². The molecule has 0 aliphatic heterocycles. The van der Waals surface area contributed by atoms with E-state index in [2.05, 4.69) is 22.9 Å². The average molecular weight is 215 g/mol. The first-order chi connectivity index (χ1) is 5.15. The molecule has 0 amide bonds. The second-order valence-electron chi connectivity index (χ2n) is 2.68. The van der Waals surface area contributed by atoms with Gasteiger partial charge >= 0.3 is 0 Å². The quantitative estimate of drug-likeness (QED) is 0.763. The molecule has 0 aliphatic carbocycles. The highest BCUT2D eigenvalue weighted by Gasteiger charge is 2.00. The molecule has 0 bridgehead atoms. The van der Waals surface area contributed by atoms with Gasteiger partial charge in [0.25, 0.3) is 0 Å². The lowest BCUT2D eigenvalue weighted by atomic mass is 10.1. The van der Waals surface area contributed by atoms with E-state index >= 15 is 0 Å². The van der Waals surface area contributed by atoms with Crippen LogP contribution in [-0.2, 0) is 6.61 Å². The van der Waals surface area contributed by atoms with Crippen LogP contribution in [0.25, 0.3) is 0 Å². The SMILES string of the molecule is Cc1cc(CO)cc(Br)c1C. The Bertz CT molecular complexity index is 245. The van der Waals surface area contributed by atoms with Crippen LogP contribution in [-0.4, -0.2) is 5.11 Å². The van der Waals surface area contributed by atoms with E-state index in [1.165, 1.54) is 11.1 Å². The Labute approximate surface area is 75.2 Å². The average Bonchev–Trinajstić information content (AvgIpc) is 1.99. The molecule has 0 radical (unpaired) electrons. The van der Waals surface area contributed by atoms with Crippen molar-refractivity contribution in [3.63, 3.8) is 0 Å². The second kappa shape index (κ2) is 3.37. The van der Waals surface area contributed by atoms with Gasteiger partial charge in [0.2, 0.25) is 0 Å². The molecule has 1 rings (SSSR count). The normalized spacial score (nSPS) is 10.2. The van der Waals surface area contributed by atoms with E-state index in [0.29, 0.717) is 0 Å². The van der Waals surface area contributed by atoms with E-state index in [1.54, 1.807) is 0 Å². The molecule has 0 unspecified atom stereocenters. The van der Waals surface area contributed by atoms with Crippen molar-refractivity contribution in [2.24, 2.45) is 0 Å². The third-order valence-corrected chi connectivity index (χ3v) is 2.67. The van der Waals surface area contributed by atoms with Crippen LogP contribution in [0, 0.1) is 13.8 Å². The zero-order chi connectivity index (χ0) is 8.43. The first-order valence-electron chi connectivity index (χ1n) is 3.51. The molecular formula is C9H11BrO. The fourth-order valence-electron chi connectivity index (χ4n) is 0.979. The standard InChI is InChI=1S/C9H11BrO/c1-6-3-8(5-11)4-9(10)7(6)2/h3-4,11H,5H2,1-2H3. The van der Waals surface area contributed by atoms with Crippen LogP contribution in [0.4, 0.5) is 0 Å². The van der Waals surface area contributed by atoms with Crippen LogP contribution >= 0.6 is 15.9 Å². The zero-order valence-corrected chi connectivity index (χ0v) is 8.27. The summed E-state index contributed by atoms with van der Waals surface area (Å²) in [6.07, 6.45) is 0. The monoisotopic (exact) mass is 214 g/mol. The molecule has 60 valence electrons. The summed E-state index contributed by atoms with van der Waals surface area (Å²) in [6, 6.07) is 3.95. The molecule has 0 saturated heterocycles. The summed E-state index contributed by atoms with van der Waals surface area (Å²) in [5.74, 6) is 0. The van der Waals surface area contributed by atoms with Gasteiger partial charge in [-0.05, 0) is 36.6 Å². The van der Waals surface area contributed by atoms with Crippen molar-refractivity contribution in [3.8, 4) is 0 Å². The summed E-state index contributed by atoms with van der Waals surface area (Å²) in [7, 11) is 0. The zero-order valence-electron chi connectivity index (χ0n) is 6.69. The molecule has 0 fully saturated rings. The summed E-state index contributed by atoms with van der Waals surface area (Å²) in [6.45, 7) is 4.21. The largest absolute Gasteiger partial charge is 0.392 e. The summed E-state index contributed by atoms with van der Waals surface area (Å²) >= 11 is 3.43. The van der Waals surface area contributed by atoms with Crippen molar-refractivity contribution in [2.75, 3.05) is 0 Å². The molecule has 0 aliphatic rings. The Morgan fingerprint density at radius 3 is 2.45 bits per heavy atom.